The first-order chi connectivity index (χ1) is 9.63. The Morgan fingerprint density at radius 2 is 1.85 bits per heavy atom. The summed E-state index contributed by atoms with van der Waals surface area (Å²) >= 11 is 0. The first-order valence-electron chi connectivity index (χ1n) is 6.95. The normalized spacial score (nSPS) is 15.9. The molecule has 1 aliphatic rings. The molecule has 2 nitrogen and oxygen atoms in total. The molecule has 0 amide bonds. The molecule has 104 valence electrons. The van der Waals surface area contributed by atoms with Crippen LogP contribution in [0.4, 0.5) is 10.1 Å². The van der Waals surface area contributed by atoms with Gasteiger partial charge in [0, 0.05) is 11.8 Å². The molecule has 1 aliphatic carbocycles. The van der Waals surface area contributed by atoms with Gasteiger partial charge in [-0.3, -0.25) is 0 Å². The fourth-order valence-corrected chi connectivity index (χ4v) is 2.45. The quantitative estimate of drug-likeness (QED) is 0.808. The van der Waals surface area contributed by atoms with E-state index in [9.17, 15) is 9.50 Å². The molecule has 2 aromatic rings. The second-order valence-electron chi connectivity index (χ2n) is 5.54. The van der Waals surface area contributed by atoms with E-state index in [1.54, 1.807) is 6.07 Å². The lowest BCUT2D eigenvalue weighted by Gasteiger charge is -2.20. The Morgan fingerprint density at radius 3 is 2.45 bits per heavy atom. The first-order valence-corrected chi connectivity index (χ1v) is 6.95. The summed E-state index contributed by atoms with van der Waals surface area (Å²) in [6.07, 6.45) is 2.40. The molecule has 0 spiro atoms. The first kappa shape index (κ1) is 13.0. The third-order valence-electron chi connectivity index (χ3n) is 3.80. The topological polar surface area (TPSA) is 32.3 Å². The number of rotatable bonds is 4. The van der Waals surface area contributed by atoms with E-state index in [4.69, 9.17) is 0 Å². The summed E-state index contributed by atoms with van der Waals surface area (Å²) in [4.78, 5) is 0. The number of benzene rings is 2. The summed E-state index contributed by atoms with van der Waals surface area (Å²) in [6.45, 7) is 2.07. The monoisotopic (exact) mass is 271 g/mol. The average molecular weight is 271 g/mol. The molecular weight excluding hydrogens is 253 g/mol. The molecule has 20 heavy (non-hydrogen) atoms. The Labute approximate surface area is 118 Å². The van der Waals surface area contributed by atoms with Crippen molar-refractivity contribution in [3.8, 4) is 5.75 Å². The second kappa shape index (κ2) is 5.16. The minimum absolute atomic E-state index is 0.208. The molecule has 0 aliphatic heterocycles. The maximum absolute atomic E-state index is 13.4. The number of hydrogen-bond acceptors (Lipinski definition) is 2. The van der Waals surface area contributed by atoms with Crippen LogP contribution in [0.2, 0.25) is 0 Å². The summed E-state index contributed by atoms with van der Waals surface area (Å²) in [5.41, 5.74) is 3.17. The number of nitrogens with one attached hydrogen (secondary N) is 1. The van der Waals surface area contributed by atoms with Gasteiger partial charge in [0.05, 0.1) is 6.04 Å². The smallest absolute Gasteiger partial charge is 0.166 e. The molecule has 1 fully saturated rings. The molecule has 0 bridgehead atoms. The molecule has 2 aromatic carbocycles. The van der Waals surface area contributed by atoms with Crippen LogP contribution in [-0.4, -0.2) is 5.11 Å². The summed E-state index contributed by atoms with van der Waals surface area (Å²) in [5, 5.41) is 12.6. The Kier molecular flexibility index (Phi) is 3.35. The summed E-state index contributed by atoms with van der Waals surface area (Å²) in [6, 6.07) is 13.1. The number of halogens is 1. The zero-order chi connectivity index (χ0) is 14.1. The zero-order valence-electron chi connectivity index (χ0n) is 11.4. The Bertz CT molecular complexity index is 605. The van der Waals surface area contributed by atoms with Gasteiger partial charge in [0.2, 0.25) is 0 Å². The van der Waals surface area contributed by atoms with Gasteiger partial charge in [-0.1, -0.05) is 29.8 Å². The summed E-state index contributed by atoms with van der Waals surface area (Å²) in [7, 11) is 0. The van der Waals surface area contributed by atoms with Gasteiger partial charge in [0.25, 0.3) is 0 Å². The van der Waals surface area contributed by atoms with Crippen molar-refractivity contribution < 1.29 is 9.50 Å². The van der Waals surface area contributed by atoms with Crippen molar-refractivity contribution >= 4 is 5.69 Å². The average Bonchev–Trinajstić information content (AvgIpc) is 3.26. The lowest BCUT2D eigenvalue weighted by Crippen LogP contribution is -2.13. The molecule has 3 rings (SSSR count). The Balaban J connectivity index is 1.84. The van der Waals surface area contributed by atoms with E-state index in [-0.39, 0.29) is 11.8 Å². The predicted molar refractivity (Wildman–Crippen MR) is 78.3 cm³/mol. The van der Waals surface area contributed by atoms with Crippen LogP contribution in [-0.2, 0) is 0 Å². The highest BCUT2D eigenvalue weighted by atomic mass is 19.1. The van der Waals surface area contributed by atoms with Crippen molar-refractivity contribution in [3.63, 3.8) is 0 Å². The van der Waals surface area contributed by atoms with Crippen molar-refractivity contribution in [1.29, 1.82) is 0 Å². The number of hydrogen-bond donors (Lipinski definition) is 2. The number of phenolic OH excluding ortho intramolecular Hbond substituents is 1. The van der Waals surface area contributed by atoms with Gasteiger partial charge in [-0.25, -0.2) is 4.39 Å². The van der Waals surface area contributed by atoms with Gasteiger partial charge in [-0.2, -0.15) is 0 Å². The number of anilines is 1. The lowest BCUT2D eigenvalue weighted by molar-refractivity contribution is 0.432. The molecule has 0 radical (unpaired) electrons. The fourth-order valence-electron chi connectivity index (χ4n) is 2.45. The van der Waals surface area contributed by atoms with Gasteiger partial charge < -0.3 is 10.4 Å². The van der Waals surface area contributed by atoms with E-state index in [0.29, 0.717) is 11.6 Å². The number of phenols is 1. The van der Waals surface area contributed by atoms with Crippen LogP contribution >= 0.6 is 0 Å². The second-order valence-corrected chi connectivity index (χ2v) is 5.54. The molecule has 1 atom stereocenters. The van der Waals surface area contributed by atoms with Gasteiger partial charge in [-0.05, 0) is 43.4 Å². The van der Waals surface area contributed by atoms with Crippen LogP contribution in [0.3, 0.4) is 0 Å². The van der Waals surface area contributed by atoms with E-state index >= 15 is 0 Å². The Hall–Kier alpha value is -2.03. The molecule has 0 saturated heterocycles. The summed E-state index contributed by atoms with van der Waals surface area (Å²) < 4.78 is 13.4. The third-order valence-corrected chi connectivity index (χ3v) is 3.80. The zero-order valence-corrected chi connectivity index (χ0v) is 11.4. The molecule has 0 aromatic heterocycles. The lowest BCUT2D eigenvalue weighted by atomic mass is 10.0. The highest BCUT2D eigenvalue weighted by Crippen LogP contribution is 2.43. The minimum atomic E-state index is -0.589. The van der Waals surface area contributed by atoms with Crippen LogP contribution in [0.15, 0.2) is 42.5 Å². The van der Waals surface area contributed by atoms with Crippen LogP contribution < -0.4 is 5.32 Å². The van der Waals surface area contributed by atoms with Gasteiger partial charge >= 0.3 is 0 Å². The van der Waals surface area contributed by atoms with E-state index < -0.39 is 5.82 Å². The summed E-state index contributed by atoms with van der Waals surface area (Å²) in [5.74, 6) is -0.295. The minimum Gasteiger partial charge on any atom is -0.505 e. The molecule has 1 unspecified atom stereocenters. The highest BCUT2D eigenvalue weighted by molar-refractivity contribution is 5.49. The molecule has 0 heterocycles. The van der Waals surface area contributed by atoms with E-state index in [0.717, 1.165) is 0 Å². The maximum Gasteiger partial charge on any atom is 0.166 e. The predicted octanol–water partition coefficient (Wildman–Crippen LogP) is 4.40. The van der Waals surface area contributed by atoms with Crippen LogP contribution in [0.5, 0.6) is 5.75 Å². The van der Waals surface area contributed by atoms with Crippen molar-refractivity contribution in [1.82, 2.24) is 0 Å². The van der Waals surface area contributed by atoms with Crippen LogP contribution in [0.1, 0.15) is 30.0 Å². The Morgan fingerprint density at radius 1 is 1.15 bits per heavy atom. The SMILES string of the molecule is Cc1ccc(C(Nc2ccc(O)c(F)c2)C2CC2)cc1. The van der Waals surface area contributed by atoms with E-state index in [1.807, 2.05) is 0 Å². The van der Waals surface area contributed by atoms with Crippen molar-refractivity contribution in [2.45, 2.75) is 25.8 Å². The van der Waals surface area contributed by atoms with Crippen molar-refractivity contribution in [2.75, 3.05) is 5.32 Å². The molecule has 1 saturated carbocycles. The van der Waals surface area contributed by atoms with E-state index in [2.05, 4.69) is 36.5 Å². The molecular formula is C17H18FNO. The van der Waals surface area contributed by atoms with Gasteiger partial charge in [0.1, 0.15) is 0 Å². The van der Waals surface area contributed by atoms with Gasteiger partial charge in [0.15, 0.2) is 11.6 Å². The van der Waals surface area contributed by atoms with Crippen LogP contribution in [0, 0.1) is 18.7 Å². The fraction of sp³-hybridized carbons (Fsp3) is 0.294. The number of aromatic hydroxyl groups is 1. The molecule has 2 N–H and O–H groups in total. The largest absolute Gasteiger partial charge is 0.505 e. The highest BCUT2D eigenvalue weighted by Gasteiger charge is 2.32. The third kappa shape index (κ3) is 2.77. The number of aryl methyl sites for hydroxylation is 1. The van der Waals surface area contributed by atoms with Crippen molar-refractivity contribution in [3.05, 3.63) is 59.4 Å². The van der Waals surface area contributed by atoms with Crippen LogP contribution in [0.25, 0.3) is 0 Å². The molecule has 3 heteroatoms. The van der Waals surface area contributed by atoms with E-state index in [1.165, 1.54) is 36.1 Å². The van der Waals surface area contributed by atoms with Crippen molar-refractivity contribution in [2.24, 2.45) is 5.92 Å². The standard InChI is InChI=1S/C17H18FNO/c1-11-2-4-12(5-3-11)17(13-6-7-13)19-14-8-9-16(20)15(18)10-14/h2-5,8-10,13,17,19-20H,6-7H2,1H3. The van der Waals surface area contributed by atoms with Gasteiger partial charge in [-0.15, -0.1) is 0 Å². The maximum atomic E-state index is 13.4.